The molecule has 0 spiro atoms. The fraction of sp³-hybridized carbons (Fsp3) is 0.529. The Balaban J connectivity index is 1.97. The van der Waals surface area contributed by atoms with E-state index in [0.29, 0.717) is 23.6 Å². The standard InChI is InChI=1S/C17H24N2O5/c1-23-15-8-11(6-7-14(15)24-10-16(18)21)17(22)19-9-12-4-2-3-5-13(12)20/h6-8,12-13,20H,2-5,9-10H2,1H3,(H2,18,21)(H,19,22). The number of benzene rings is 1. The zero-order valence-electron chi connectivity index (χ0n) is 13.8. The highest BCUT2D eigenvalue weighted by molar-refractivity contribution is 5.94. The Labute approximate surface area is 141 Å². The van der Waals surface area contributed by atoms with Crippen molar-refractivity contribution >= 4 is 11.8 Å². The maximum Gasteiger partial charge on any atom is 0.255 e. The predicted molar refractivity (Wildman–Crippen MR) is 88.0 cm³/mol. The smallest absolute Gasteiger partial charge is 0.255 e. The van der Waals surface area contributed by atoms with Crippen LogP contribution in [-0.2, 0) is 4.79 Å². The normalized spacial score (nSPS) is 20.2. The second-order valence-electron chi connectivity index (χ2n) is 5.94. The van der Waals surface area contributed by atoms with Gasteiger partial charge in [0.2, 0.25) is 0 Å². The van der Waals surface area contributed by atoms with E-state index in [-0.39, 0.29) is 24.5 Å². The number of hydrogen-bond acceptors (Lipinski definition) is 5. The van der Waals surface area contributed by atoms with Crippen molar-refractivity contribution in [2.24, 2.45) is 11.7 Å². The van der Waals surface area contributed by atoms with Crippen LogP contribution in [-0.4, -0.2) is 43.3 Å². The lowest BCUT2D eigenvalue weighted by Gasteiger charge is -2.27. The second kappa shape index (κ2) is 8.54. The molecule has 2 rings (SSSR count). The van der Waals surface area contributed by atoms with Crippen molar-refractivity contribution in [3.8, 4) is 11.5 Å². The van der Waals surface area contributed by atoms with E-state index < -0.39 is 5.91 Å². The molecule has 1 aromatic carbocycles. The molecule has 2 amide bonds. The number of hydrogen-bond donors (Lipinski definition) is 3. The molecule has 0 aliphatic heterocycles. The van der Waals surface area contributed by atoms with Crippen molar-refractivity contribution in [3.63, 3.8) is 0 Å². The third kappa shape index (κ3) is 4.86. The zero-order chi connectivity index (χ0) is 17.5. The Kier molecular flexibility index (Phi) is 6.43. The topological polar surface area (TPSA) is 111 Å². The number of carbonyl (C=O) groups is 2. The summed E-state index contributed by atoms with van der Waals surface area (Å²) in [6.45, 7) is 0.184. The van der Waals surface area contributed by atoms with Gasteiger partial charge in [-0.2, -0.15) is 0 Å². The maximum atomic E-state index is 12.3. The lowest BCUT2D eigenvalue weighted by Crippen LogP contribution is -2.36. The largest absolute Gasteiger partial charge is 0.493 e. The number of nitrogens with one attached hydrogen (secondary N) is 1. The number of carbonyl (C=O) groups excluding carboxylic acids is 2. The van der Waals surface area contributed by atoms with Gasteiger partial charge >= 0.3 is 0 Å². The number of rotatable bonds is 7. The Morgan fingerprint density at radius 3 is 2.71 bits per heavy atom. The van der Waals surface area contributed by atoms with Gasteiger partial charge in [-0.3, -0.25) is 9.59 Å². The third-order valence-electron chi connectivity index (χ3n) is 4.19. The molecule has 0 radical (unpaired) electrons. The quantitative estimate of drug-likeness (QED) is 0.683. The van der Waals surface area contributed by atoms with Crippen LogP contribution in [0.15, 0.2) is 18.2 Å². The van der Waals surface area contributed by atoms with Crippen LogP contribution in [0.3, 0.4) is 0 Å². The highest BCUT2D eigenvalue weighted by Crippen LogP contribution is 2.28. The molecule has 0 saturated heterocycles. The number of amides is 2. The first-order valence-corrected chi connectivity index (χ1v) is 8.06. The highest BCUT2D eigenvalue weighted by atomic mass is 16.5. The first-order chi connectivity index (χ1) is 11.5. The van der Waals surface area contributed by atoms with Crippen LogP contribution in [0.1, 0.15) is 36.0 Å². The lowest BCUT2D eigenvalue weighted by atomic mass is 9.86. The van der Waals surface area contributed by atoms with E-state index >= 15 is 0 Å². The molecule has 1 aliphatic carbocycles. The van der Waals surface area contributed by atoms with Gasteiger partial charge in [-0.15, -0.1) is 0 Å². The molecular weight excluding hydrogens is 312 g/mol. The molecule has 4 N–H and O–H groups in total. The molecule has 1 saturated carbocycles. The summed E-state index contributed by atoms with van der Waals surface area (Å²) in [4.78, 5) is 23.1. The van der Waals surface area contributed by atoms with Gasteiger partial charge < -0.3 is 25.6 Å². The van der Waals surface area contributed by atoms with Gasteiger partial charge in [0.1, 0.15) is 0 Å². The van der Waals surface area contributed by atoms with E-state index in [1.54, 1.807) is 18.2 Å². The minimum Gasteiger partial charge on any atom is -0.493 e. The molecule has 24 heavy (non-hydrogen) atoms. The van der Waals surface area contributed by atoms with Gasteiger partial charge in [0.15, 0.2) is 18.1 Å². The molecular formula is C17H24N2O5. The fourth-order valence-electron chi connectivity index (χ4n) is 2.83. The first-order valence-electron chi connectivity index (χ1n) is 8.06. The number of methoxy groups -OCH3 is 1. The maximum absolute atomic E-state index is 12.3. The Bertz CT molecular complexity index is 590. The zero-order valence-corrected chi connectivity index (χ0v) is 13.8. The summed E-state index contributed by atoms with van der Waals surface area (Å²) in [6.07, 6.45) is 3.48. The minimum atomic E-state index is -0.593. The lowest BCUT2D eigenvalue weighted by molar-refractivity contribution is -0.119. The second-order valence-corrected chi connectivity index (χ2v) is 5.94. The van der Waals surface area contributed by atoms with E-state index in [4.69, 9.17) is 15.2 Å². The number of aliphatic hydroxyl groups excluding tert-OH is 1. The summed E-state index contributed by atoms with van der Waals surface area (Å²) >= 11 is 0. The Morgan fingerprint density at radius 2 is 2.04 bits per heavy atom. The summed E-state index contributed by atoms with van der Waals surface area (Å²) in [7, 11) is 1.45. The van der Waals surface area contributed by atoms with Gasteiger partial charge in [-0.05, 0) is 31.0 Å². The Morgan fingerprint density at radius 1 is 1.29 bits per heavy atom. The van der Waals surface area contributed by atoms with E-state index in [0.717, 1.165) is 25.7 Å². The van der Waals surface area contributed by atoms with Crippen LogP contribution in [0, 0.1) is 5.92 Å². The molecule has 0 bridgehead atoms. The summed E-state index contributed by atoms with van der Waals surface area (Å²) in [5, 5.41) is 12.8. The van der Waals surface area contributed by atoms with E-state index in [1.807, 2.05) is 0 Å². The molecule has 1 aliphatic rings. The van der Waals surface area contributed by atoms with Gasteiger partial charge in [0.25, 0.3) is 11.8 Å². The molecule has 7 heteroatoms. The van der Waals surface area contributed by atoms with Crippen LogP contribution < -0.4 is 20.5 Å². The minimum absolute atomic E-state index is 0.0998. The van der Waals surface area contributed by atoms with Crippen LogP contribution in [0.2, 0.25) is 0 Å². The van der Waals surface area contributed by atoms with Crippen LogP contribution in [0.4, 0.5) is 0 Å². The summed E-state index contributed by atoms with van der Waals surface area (Å²) in [5.74, 6) is -0.0441. The summed E-state index contributed by atoms with van der Waals surface area (Å²) in [6, 6.07) is 4.70. The number of primary amides is 1. The van der Waals surface area contributed by atoms with E-state index in [9.17, 15) is 14.7 Å². The van der Waals surface area contributed by atoms with Gasteiger partial charge in [0, 0.05) is 18.0 Å². The van der Waals surface area contributed by atoms with Crippen LogP contribution >= 0.6 is 0 Å². The average molecular weight is 336 g/mol. The fourth-order valence-corrected chi connectivity index (χ4v) is 2.83. The summed E-state index contributed by atoms with van der Waals surface area (Å²) in [5.41, 5.74) is 5.46. The van der Waals surface area contributed by atoms with E-state index in [1.165, 1.54) is 7.11 Å². The van der Waals surface area contributed by atoms with Gasteiger partial charge in [-0.1, -0.05) is 12.8 Å². The summed E-state index contributed by atoms with van der Waals surface area (Å²) < 4.78 is 10.4. The molecule has 2 unspecified atom stereocenters. The average Bonchev–Trinajstić information content (AvgIpc) is 2.58. The Hall–Kier alpha value is -2.28. The van der Waals surface area contributed by atoms with Gasteiger partial charge in [0.05, 0.1) is 13.2 Å². The molecule has 7 nitrogen and oxygen atoms in total. The third-order valence-corrected chi connectivity index (χ3v) is 4.19. The molecule has 1 fully saturated rings. The van der Waals surface area contributed by atoms with Crippen molar-refractivity contribution in [1.82, 2.24) is 5.32 Å². The predicted octanol–water partition coefficient (Wildman–Crippen LogP) is 0.840. The van der Waals surface area contributed by atoms with Crippen LogP contribution in [0.25, 0.3) is 0 Å². The molecule has 2 atom stereocenters. The van der Waals surface area contributed by atoms with E-state index in [2.05, 4.69) is 5.32 Å². The van der Waals surface area contributed by atoms with Crippen molar-refractivity contribution < 1.29 is 24.2 Å². The highest BCUT2D eigenvalue weighted by Gasteiger charge is 2.23. The van der Waals surface area contributed by atoms with Crippen molar-refractivity contribution in [2.75, 3.05) is 20.3 Å². The molecule has 0 heterocycles. The van der Waals surface area contributed by atoms with Crippen molar-refractivity contribution in [3.05, 3.63) is 23.8 Å². The number of ether oxygens (including phenoxy) is 2. The SMILES string of the molecule is COc1cc(C(=O)NCC2CCCCC2O)ccc1OCC(N)=O. The van der Waals surface area contributed by atoms with Crippen molar-refractivity contribution in [1.29, 1.82) is 0 Å². The number of nitrogens with two attached hydrogens (primary N) is 1. The first kappa shape index (κ1) is 18.1. The molecule has 1 aromatic rings. The van der Waals surface area contributed by atoms with Crippen LogP contribution in [0.5, 0.6) is 11.5 Å². The molecule has 0 aromatic heterocycles. The monoisotopic (exact) mass is 336 g/mol. The number of aliphatic hydroxyl groups is 1. The molecule has 132 valence electrons. The van der Waals surface area contributed by atoms with Gasteiger partial charge in [-0.25, -0.2) is 0 Å². The van der Waals surface area contributed by atoms with Crippen molar-refractivity contribution in [2.45, 2.75) is 31.8 Å².